The molecule has 0 bridgehead atoms. The Morgan fingerprint density at radius 2 is 1.59 bits per heavy atom. The van der Waals surface area contributed by atoms with Gasteiger partial charge in [0.15, 0.2) is 0 Å². The van der Waals surface area contributed by atoms with E-state index in [0.29, 0.717) is 0 Å². The molecule has 3 heteroatoms. The van der Waals surface area contributed by atoms with Gasteiger partial charge in [-0.3, -0.25) is 4.90 Å². The summed E-state index contributed by atoms with van der Waals surface area (Å²) in [5, 5.41) is 13.9. The molecule has 22 heavy (non-hydrogen) atoms. The van der Waals surface area contributed by atoms with E-state index >= 15 is 0 Å². The number of benzene rings is 2. The van der Waals surface area contributed by atoms with Crippen LogP contribution in [0.15, 0.2) is 60.7 Å². The van der Waals surface area contributed by atoms with Crippen molar-refractivity contribution in [2.75, 3.05) is 13.1 Å². The van der Waals surface area contributed by atoms with Crippen LogP contribution in [0.3, 0.4) is 0 Å². The topological polar surface area (TPSA) is 35.5 Å². The van der Waals surface area contributed by atoms with Crippen molar-refractivity contribution in [2.45, 2.75) is 31.7 Å². The standard InChI is InChI=1S/C19H24N2O/c22-19-15-21(14-17-9-5-2-6-10-17)12-11-18(19)20-13-16-7-3-1-4-8-16/h1-10,18-20,22H,11-15H2/t18-,19-/m0/s1. The van der Waals surface area contributed by atoms with Crippen molar-refractivity contribution in [2.24, 2.45) is 0 Å². The van der Waals surface area contributed by atoms with E-state index in [1.54, 1.807) is 0 Å². The van der Waals surface area contributed by atoms with Crippen molar-refractivity contribution in [1.82, 2.24) is 10.2 Å². The molecular formula is C19H24N2O. The number of hydrogen-bond acceptors (Lipinski definition) is 3. The van der Waals surface area contributed by atoms with Gasteiger partial charge in [0.05, 0.1) is 6.10 Å². The highest BCUT2D eigenvalue weighted by molar-refractivity contribution is 5.15. The molecule has 2 aromatic carbocycles. The Labute approximate surface area is 132 Å². The van der Waals surface area contributed by atoms with Crippen molar-refractivity contribution < 1.29 is 5.11 Å². The van der Waals surface area contributed by atoms with Crippen LogP contribution in [-0.4, -0.2) is 35.2 Å². The van der Waals surface area contributed by atoms with Gasteiger partial charge in [0.25, 0.3) is 0 Å². The zero-order valence-corrected chi connectivity index (χ0v) is 12.9. The van der Waals surface area contributed by atoms with Gasteiger partial charge in [-0.15, -0.1) is 0 Å². The Morgan fingerprint density at radius 1 is 0.955 bits per heavy atom. The number of β-amino-alcohol motifs (C(OH)–C–C–N with tert-alkyl or cyclic N) is 1. The van der Waals surface area contributed by atoms with Crippen molar-refractivity contribution in [3.8, 4) is 0 Å². The van der Waals surface area contributed by atoms with Crippen molar-refractivity contribution in [1.29, 1.82) is 0 Å². The lowest BCUT2D eigenvalue weighted by atomic mass is 10.0. The molecule has 1 heterocycles. The number of nitrogens with zero attached hydrogens (tertiary/aromatic N) is 1. The van der Waals surface area contributed by atoms with Crippen LogP contribution in [0.4, 0.5) is 0 Å². The maximum absolute atomic E-state index is 10.4. The first-order valence-electron chi connectivity index (χ1n) is 8.03. The molecule has 1 saturated heterocycles. The molecule has 0 saturated carbocycles. The van der Waals surface area contributed by atoms with Crippen LogP contribution in [0.25, 0.3) is 0 Å². The Balaban J connectivity index is 1.48. The lowest BCUT2D eigenvalue weighted by molar-refractivity contribution is 0.0365. The van der Waals surface area contributed by atoms with E-state index in [2.05, 4.69) is 58.7 Å². The quantitative estimate of drug-likeness (QED) is 0.889. The van der Waals surface area contributed by atoms with E-state index in [1.165, 1.54) is 11.1 Å². The number of aliphatic hydroxyl groups excluding tert-OH is 1. The van der Waals surface area contributed by atoms with E-state index in [0.717, 1.165) is 32.6 Å². The van der Waals surface area contributed by atoms with Gasteiger partial charge >= 0.3 is 0 Å². The summed E-state index contributed by atoms with van der Waals surface area (Å²) in [6.07, 6.45) is 0.682. The Kier molecular flexibility index (Phi) is 5.22. The molecule has 3 nitrogen and oxygen atoms in total. The molecule has 0 spiro atoms. The molecule has 3 rings (SSSR count). The predicted octanol–water partition coefficient (Wildman–Crippen LogP) is 2.41. The second-order valence-electron chi connectivity index (χ2n) is 6.05. The Bertz CT molecular complexity index is 558. The molecule has 0 aliphatic carbocycles. The van der Waals surface area contributed by atoms with Crippen LogP contribution in [0.1, 0.15) is 17.5 Å². The predicted molar refractivity (Wildman–Crippen MR) is 89.4 cm³/mol. The van der Waals surface area contributed by atoms with E-state index in [4.69, 9.17) is 0 Å². The minimum atomic E-state index is -0.304. The van der Waals surface area contributed by atoms with E-state index < -0.39 is 0 Å². The summed E-state index contributed by atoms with van der Waals surface area (Å²) in [4.78, 5) is 2.33. The number of hydrogen-bond donors (Lipinski definition) is 2. The fraction of sp³-hybridized carbons (Fsp3) is 0.368. The fourth-order valence-corrected chi connectivity index (χ4v) is 3.07. The van der Waals surface area contributed by atoms with Crippen LogP contribution >= 0.6 is 0 Å². The van der Waals surface area contributed by atoms with E-state index in [-0.39, 0.29) is 12.1 Å². The molecule has 0 unspecified atom stereocenters. The van der Waals surface area contributed by atoms with Crippen molar-refractivity contribution in [3.05, 3.63) is 71.8 Å². The second kappa shape index (κ2) is 7.54. The Morgan fingerprint density at radius 3 is 2.23 bits per heavy atom. The first-order valence-corrected chi connectivity index (χ1v) is 8.03. The smallest absolute Gasteiger partial charge is 0.0820 e. The minimum absolute atomic E-state index is 0.187. The van der Waals surface area contributed by atoms with Gasteiger partial charge < -0.3 is 10.4 Å². The summed E-state index contributed by atoms with van der Waals surface area (Å²) < 4.78 is 0. The molecule has 0 aromatic heterocycles. The molecule has 2 atom stereocenters. The summed E-state index contributed by atoms with van der Waals surface area (Å²) in [6, 6.07) is 21.0. The molecule has 0 amide bonds. The number of nitrogens with one attached hydrogen (secondary N) is 1. The maximum Gasteiger partial charge on any atom is 0.0820 e. The molecular weight excluding hydrogens is 272 g/mol. The third-order valence-electron chi connectivity index (χ3n) is 4.33. The normalized spacial score (nSPS) is 22.6. The van der Waals surface area contributed by atoms with Gasteiger partial charge in [-0.2, -0.15) is 0 Å². The summed E-state index contributed by atoms with van der Waals surface area (Å²) in [7, 11) is 0. The fourth-order valence-electron chi connectivity index (χ4n) is 3.07. The summed E-state index contributed by atoms with van der Waals surface area (Å²) in [5.41, 5.74) is 2.58. The molecule has 2 N–H and O–H groups in total. The number of likely N-dealkylation sites (tertiary alicyclic amines) is 1. The highest BCUT2D eigenvalue weighted by Crippen LogP contribution is 2.15. The maximum atomic E-state index is 10.4. The van der Waals surface area contributed by atoms with Gasteiger partial charge in [0.1, 0.15) is 0 Å². The van der Waals surface area contributed by atoms with Crippen LogP contribution < -0.4 is 5.32 Å². The number of aliphatic hydroxyl groups is 1. The number of piperidine rings is 1. The molecule has 1 aliphatic rings. The first-order chi connectivity index (χ1) is 10.8. The van der Waals surface area contributed by atoms with Gasteiger partial charge in [0, 0.05) is 32.2 Å². The first kappa shape index (κ1) is 15.2. The third kappa shape index (κ3) is 4.17. The van der Waals surface area contributed by atoms with Crippen LogP contribution in [0.2, 0.25) is 0 Å². The van der Waals surface area contributed by atoms with Crippen LogP contribution in [0, 0.1) is 0 Å². The van der Waals surface area contributed by atoms with Crippen molar-refractivity contribution >= 4 is 0 Å². The third-order valence-corrected chi connectivity index (χ3v) is 4.33. The minimum Gasteiger partial charge on any atom is -0.390 e. The summed E-state index contributed by atoms with van der Waals surface area (Å²) >= 11 is 0. The second-order valence-corrected chi connectivity index (χ2v) is 6.05. The molecule has 1 fully saturated rings. The summed E-state index contributed by atoms with van der Waals surface area (Å²) in [5.74, 6) is 0. The molecule has 1 aliphatic heterocycles. The van der Waals surface area contributed by atoms with E-state index in [1.807, 2.05) is 12.1 Å². The van der Waals surface area contributed by atoms with Gasteiger partial charge in [-0.05, 0) is 17.5 Å². The zero-order valence-electron chi connectivity index (χ0n) is 12.9. The average Bonchev–Trinajstić information content (AvgIpc) is 2.56. The number of rotatable bonds is 5. The summed E-state index contributed by atoms with van der Waals surface area (Å²) in [6.45, 7) is 3.50. The highest BCUT2D eigenvalue weighted by Gasteiger charge is 2.27. The van der Waals surface area contributed by atoms with Crippen LogP contribution in [-0.2, 0) is 13.1 Å². The monoisotopic (exact) mass is 296 g/mol. The zero-order chi connectivity index (χ0) is 15.2. The van der Waals surface area contributed by atoms with Gasteiger partial charge in [0.2, 0.25) is 0 Å². The van der Waals surface area contributed by atoms with Crippen LogP contribution in [0.5, 0.6) is 0 Å². The Hall–Kier alpha value is -1.68. The SMILES string of the molecule is O[C@H]1CN(Cc2ccccc2)CC[C@@H]1NCc1ccccc1. The molecule has 116 valence electrons. The van der Waals surface area contributed by atoms with Gasteiger partial charge in [-0.1, -0.05) is 60.7 Å². The molecule has 0 radical (unpaired) electrons. The largest absolute Gasteiger partial charge is 0.390 e. The average molecular weight is 296 g/mol. The highest BCUT2D eigenvalue weighted by atomic mass is 16.3. The molecule has 2 aromatic rings. The lowest BCUT2D eigenvalue weighted by Gasteiger charge is -2.36. The van der Waals surface area contributed by atoms with Gasteiger partial charge in [-0.25, -0.2) is 0 Å². The van der Waals surface area contributed by atoms with Crippen molar-refractivity contribution in [3.63, 3.8) is 0 Å². The lowest BCUT2D eigenvalue weighted by Crippen LogP contribution is -2.52. The van der Waals surface area contributed by atoms with E-state index in [9.17, 15) is 5.11 Å².